The number of hydrogen-bond acceptors (Lipinski definition) is 3. The lowest BCUT2D eigenvalue weighted by Gasteiger charge is -2.02. The summed E-state index contributed by atoms with van der Waals surface area (Å²) in [5.41, 5.74) is 0.580. The number of carbonyl (C=O) groups is 1. The van der Waals surface area contributed by atoms with Crippen molar-refractivity contribution in [1.82, 2.24) is 5.16 Å². The predicted octanol–water partition coefficient (Wildman–Crippen LogP) is 2.74. The quantitative estimate of drug-likeness (QED) is 0.895. The molecular formula is C11H10ClNO3. The van der Waals surface area contributed by atoms with Gasteiger partial charge in [-0.1, -0.05) is 29.7 Å². The maximum Gasteiger partial charge on any atom is 0.306 e. The van der Waals surface area contributed by atoms with Crippen LogP contribution in [-0.4, -0.2) is 16.2 Å². The van der Waals surface area contributed by atoms with Crippen LogP contribution in [0, 0.1) is 5.92 Å². The standard InChI is InChI=1S/C11H10ClNO3/c1-6(11(14)15)5-9-7-3-2-4-8(12)10(7)13-16-9/h2-4,6H,5H2,1H3,(H,14,15). The van der Waals surface area contributed by atoms with Gasteiger partial charge < -0.3 is 9.63 Å². The van der Waals surface area contributed by atoms with Crippen molar-refractivity contribution < 1.29 is 14.4 Å². The Kier molecular flexibility index (Phi) is 2.83. The molecule has 0 aliphatic rings. The third-order valence-electron chi connectivity index (χ3n) is 2.45. The summed E-state index contributed by atoms with van der Waals surface area (Å²) in [5.74, 6) is -0.797. The molecule has 0 fully saturated rings. The summed E-state index contributed by atoms with van der Waals surface area (Å²) in [5, 5.41) is 13.9. The molecule has 1 atom stereocenters. The number of rotatable bonds is 3. The zero-order valence-corrected chi connectivity index (χ0v) is 9.36. The van der Waals surface area contributed by atoms with E-state index >= 15 is 0 Å². The van der Waals surface area contributed by atoms with Crippen LogP contribution in [-0.2, 0) is 11.2 Å². The second-order valence-corrected chi connectivity index (χ2v) is 4.09. The number of benzene rings is 1. The van der Waals surface area contributed by atoms with Crippen molar-refractivity contribution in [2.24, 2.45) is 5.92 Å². The molecule has 16 heavy (non-hydrogen) atoms. The van der Waals surface area contributed by atoms with Crippen LogP contribution >= 0.6 is 11.6 Å². The molecular weight excluding hydrogens is 230 g/mol. The van der Waals surface area contributed by atoms with Crippen molar-refractivity contribution in [2.75, 3.05) is 0 Å². The van der Waals surface area contributed by atoms with E-state index in [4.69, 9.17) is 21.2 Å². The zero-order chi connectivity index (χ0) is 11.7. The third-order valence-corrected chi connectivity index (χ3v) is 2.75. The van der Waals surface area contributed by atoms with Crippen molar-refractivity contribution >= 4 is 28.5 Å². The molecule has 0 saturated heterocycles. The Morgan fingerprint density at radius 1 is 1.62 bits per heavy atom. The van der Waals surface area contributed by atoms with E-state index in [-0.39, 0.29) is 0 Å². The first-order chi connectivity index (χ1) is 7.59. The largest absolute Gasteiger partial charge is 0.481 e. The highest BCUT2D eigenvalue weighted by molar-refractivity contribution is 6.35. The van der Waals surface area contributed by atoms with Crippen LogP contribution < -0.4 is 0 Å². The van der Waals surface area contributed by atoms with Gasteiger partial charge in [-0.05, 0) is 12.1 Å². The minimum Gasteiger partial charge on any atom is -0.481 e. The van der Waals surface area contributed by atoms with Crippen molar-refractivity contribution in [1.29, 1.82) is 0 Å². The van der Waals surface area contributed by atoms with Crippen LogP contribution in [0.15, 0.2) is 22.7 Å². The lowest BCUT2D eigenvalue weighted by Crippen LogP contribution is -2.11. The number of fused-ring (bicyclic) bond motifs is 1. The Morgan fingerprint density at radius 2 is 2.38 bits per heavy atom. The Labute approximate surface area is 96.8 Å². The molecule has 1 N–H and O–H groups in total. The van der Waals surface area contributed by atoms with Crippen molar-refractivity contribution in [3.8, 4) is 0 Å². The number of halogens is 1. The van der Waals surface area contributed by atoms with Crippen LogP contribution in [0.2, 0.25) is 5.02 Å². The Morgan fingerprint density at radius 3 is 3.06 bits per heavy atom. The zero-order valence-electron chi connectivity index (χ0n) is 8.61. The fraction of sp³-hybridized carbons (Fsp3) is 0.273. The number of carboxylic acids is 1. The molecule has 0 aliphatic carbocycles. The average Bonchev–Trinajstić information content (AvgIpc) is 2.63. The van der Waals surface area contributed by atoms with Gasteiger partial charge in [-0.25, -0.2) is 0 Å². The highest BCUT2D eigenvalue weighted by Crippen LogP contribution is 2.26. The number of nitrogens with zero attached hydrogens (tertiary/aromatic N) is 1. The predicted molar refractivity (Wildman–Crippen MR) is 59.5 cm³/mol. The average molecular weight is 240 g/mol. The minimum absolute atomic E-state index is 0.312. The fourth-order valence-corrected chi connectivity index (χ4v) is 1.70. The van der Waals surface area contributed by atoms with Gasteiger partial charge in [0.1, 0.15) is 11.3 Å². The monoisotopic (exact) mass is 239 g/mol. The highest BCUT2D eigenvalue weighted by atomic mass is 35.5. The van der Waals surface area contributed by atoms with E-state index in [0.29, 0.717) is 22.7 Å². The van der Waals surface area contributed by atoms with Crippen molar-refractivity contribution in [3.63, 3.8) is 0 Å². The molecule has 0 radical (unpaired) electrons. The summed E-state index contributed by atoms with van der Waals surface area (Å²) in [6.45, 7) is 1.63. The first kappa shape index (κ1) is 11.0. The molecule has 5 heteroatoms. The highest BCUT2D eigenvalue weighted by Gasteiger charge is 2.17. The Hall–Kier alpha value is -1.55. The van der Waals surface area contributed by atoms with Gasteiger partial charge in [-0.15, -0.1) is 0 Å². The molecule has 1 heterocycles. The van der Waals surface area contributed by atoms with Crippen LogP contribution in [0.4, 0.5) is 0 Å². The molecule has 0 aliphatic heterocycles. The maximum atomic E-state index is 10.7. The molecule has 0 bridgehead atoms. The van der Waals surface area contributed by atoms with Gasteiger partial charge >= 0.3 is 5.97 Å². The molecule has 4 nitrogen and oxygen atoms in total. The second kappa shape index (κ2) is 4.14. The van der Waals surface area contributed by atoms with Crippen LogP contribution in [0.3, 0.4) is 0 Å². The van der Waals surface area contributed by atoms with E-state index in [1.54, 1.807) is 19.1 Å². The number of hydrogen-bond donors (Lipinski definition) is 1. The summed E-state index contributed by atoms with van der Waals surface area (Å²) in [6.07, 6.45) is 0.312. The molecule has 1 aromatic carbocycles. The van der Waals surface area contributed by atoms with E-state index in [1.165, 1.54) is 0 Å². The fourth-order valence-electron chi connectivity index (χ4n) is 1.50. The van der Waals surface area contributed by atoms with Gasteiger partial charge in [0.15, 0.2) is 0 Å². The number of carboxylic acid groups (broad SMARTS) is 1. The molecule has 0 saturated carbocycles. The summed E-state index contributed by atoms with van der Waals surface area (Å²) in [7, 11) is 0. The second-order valence-electron chi connectivity index (χ2n) is 3.69. The maximum absolute atomic E-state index is 10.7. The first-order valence-corrected chi connectivity index (χ1v) is 5.23. The van der Waals surface area contributed by atoms with Gasteiger partial charge in [0, 0.05) is 11.8 Å². The van der Waals surface area contributed by atoms with E-state index < -0.39 is 11.9 Å². The van der Waals surface area contributed by atoms with Crippen molar-refractivity contribution in [2.45, 2.75) is 13.3 Å². The molecule has 1 aromatic heterocycles. The van der Waals surface area contributed by atoms with Crippen LogP contribution in [0.5, 0.6) is 0 Å². The molecule has 2 rings (SSSR count). The lowest BCUT2D eigenvalue weighted by molar-refractivity contribution is -0.141. The molecule has 0 amide bonds. The molecule has 84 valence electrons. The van der Waals surface area contributed by atoms with E-state index in [9.17, 15) is 4.79 Å². The number of aliphatic carboxylic acids is 1. The lowest BCUT2D eigenvalue weighted by atomic mass is 10.0. The van der Waals surface area contributed by atoms with Crippen LogP contribution in [0.1, 0.15) is 12.7 Å². The van der Waals surface area contributed by atoms with Crippen molar-refractivity contribution in [3.05, 3.63) is 29.0 Å². The normalized spacial score (nSPS) is 12.9. The topological polar surface area (TPSA) is 63.3 Å². The van der Waals surface area contributed by atoms with Gasteiger partial charge in [0.25, 0.3) is 0 Å². The Bertz CT molecular complexity index is 535. The van der Waals surface area contributed by atoms with E-state index in [2.05, 4.69) is 5.16 Å². The Balaban J connectivity index is 2.39. The first-order valence-electron chi connectivity index (χ1n) is 4.85. The molecule has 1 unspecified atom stereocenters. The van der Waals surface area contributed by atoms with Gasteiger partial charge in [0.2, 0.25) is 0 Å². The summed E-state index contributed by atoms with van der Waals surface area (Å²) < 4.78 is 5.12. The van der Waals surface area contributed by atoms with Gasteiger partial charge in [-0.2, -0.15) is 0 Å². The SMILES string of the molecule is CC(Cc1onc2c(Cl)cccc12)C(=O)O. The van der Waals surface area contributed by atoms with Gasteiger partial charge in [0.05, 0.1) is 10.9 Å². The summed E-state index contributed by atoms with van der Waals surface area (Å²) in [4.78, 5) is 10.7. The van der Waals surface area contributed by atoms with E-state index in [1.807, 2.05) is 6.07 Å². The summed E-state index contributed by atoms with van der Waals surface area (Å²) >= 11 is 5.93. The number of aromatic nitrogens is 1. The van der Waals surface area contributed by atoms with E-state index in [0.717, 1.165) is 5.39 Å². The summed E-state index contributed by atoms with van der Waals surface area (Å²) in [6, 6.07) is 5.33. The smallest absolute Gasteiger partial charge is 0.306 e. The third kappa shape index (κ3) is 1.88. The molecule has 0 spiro atoms. The van der Waals surface area contributed by atoms with Crippen LogP contribution in [0.25, 0.3) is 10.9 Å². The minimum atomic E-state index is -0.855. The van der Waals surface area contributed by atoms with Gasteiger partial charge in [-0.3, -0.25) is 4.79 Å². The molecule has 2 aromatic rings.